The third kappa shape index (κ3) is 1.33. The SMILES string of the molecule is Cc1nc(=S)n(C)c(C)c1C. The van der Waals surface area contributed by atoms with Crippen LogP contribution < -0.4 is 0 Å². The van der Waals surface area contributed by atoms with E-state index in [9.17, 15) is 0 Å². The first kappa shape index (κ1) is 8.40. The van der Waals surface area contributed by atoms with Gasteiger partial charge < -0.3 is 4.57 Å². The van der Waals surface area contributed by atoms with E-state index in [-0.39, 0.29) is 0 Å². The van der Waals surface area contributed by atoms with Gasteiger partial charge >= 0.3 is 0 Å². The average molecular weight is 168 g/mol. The van der Waals surface area contributed by atoms with Crippen LogP contribution in [0.1, 0.15) is 17.0 Å². The zero-order valence-corrected chi connectivity index (χ0v) is 8.12. The Kier molecular flexibility index (Phi) is 2.09. The fourth-order valence-electron chi connectivity index (χ4n) is 0.959. The predicted molar refractivity (Wildman–Crippen MR) is 48.3 cm³/mol. The van der Waals surface area contributed by atoms with Crippen LogP contribution in [0.5, 0.6) is 0 Å². The molecule has 0 fully saturated rings. The van der Waals surface area contributed by atoms with Crippen LogP contribution in [0.4, 0.5) is 0 Å². The van der Waals surface area contributed by atoms with Crippen LogP contribution in [0.3, 0.4) is 0 Å². The Morgan fingerprint density at radius 3 is 2.36 bits per heavy atom. The van der Waals surface area contributed by atoms with Gasteiger partial charge in [0.2, 0.25) is 0 Å². The summed E-state index contributed by atoms with van der Waals surface area (Å²) < 4.78 is 2.59. The first-order valence-electron chi connectivity index (χ1n) is 3.55. The van der Waals surface area contributed by atoms with Crippen molar-refractivity contribution in [3.8, 4) is 0 Å². The van der Waals surface area contributed by atoms with Gasteiger partial charge in [0.1, 0.15) is 0 Å². The van der Waals surface area contributed by atoms with Crippen LogP contribution >= 0.6 is 12.2 Å². The van der Waals surface area contributed by atoms with Crippen molar-refractivity contribution in [3.05, 3.63) is 21.7 Å². The maximum Gasteiger partial charge on any atom is 0.199 e. The standard InChI is InChI=1S/C8H12N2S/c1-5-6(2)9-8(11)10(4)7(5)3/h1-4H3. The number of hydrogen-bond donors (Lipinski definition) is 0. The third-order valence-electron chi connectivity index (χ3n) is 2.14. The Morgan fingerprint density at radius 2 is 1.82 bits per heavy atom. The normalized spacial score (nSPS) is 10.2. The summed E-state index contributed by atoms with van der Waals surface area (Å²) in [6.07, 6.45) is 0. The molecule has 0 atom stereocenters. The molecule has 2 nitrogen and oxygen atoms in total. The van der Waals surface area contributed by atoms with E-state index in [1.54, 1.807) is 0 Å². The van der Waals surface area contributed by atoms with E-state index in [0.29, 0.717) is 4.77 Å². The first-order valence-corrected chi connectivity index (χ1v) is 3.95. The maximum atomic E-state index is 5.04. The number of hydrogen-bond acceptors (Lipinski definition) is 2. The summed E-state index contributed by atoms with van der Waals surface area (Å²) in [5.41, 5.74) is 3.45. The Labute approximate surface area is 71.9 Å². The summed E-state index contributed by atoms with van der Waals surface area (Å²) in [5, 5.41) is 0. The highest BCUT2D eigenvalue weighted by atomic mass is 32.1. The molecule has 60 valence electrons. The van der Waals surface area contributed by atoms with Crippen molar-refractivity contribution in [3.63, 3.8) is 0 Å². The fraction of sp³-hybridized carbons (Fsp3) is 0.500. The summed E-state index contributed by atoms with van der Waals surface area (Å²) in [4.78, 5) is 4.21. The largest absolute Gasteiger partial charge is 0.324 e. The average Bonchev–Trinajstić information content (AvgIpc) is 1.97. The molecule has 0 radical (unpaired) electrons. The molecule has 11 heavy (non-hydrogen) atoms. The molecule has 1 heterocycles. The third-order valence-corrected chi connectivity index (χ3v) is 2.50. The molecule has 0 aliphatic rings. The Morgan fingerprint density at radius 1 is 1.27 bits per heavy atom. The van der Waals surface area contributed by atoms with E-state index in [1.165, 1.54) is 11.3 Å². The summed E-state index contributed by atoms with van der Waals surface area (Å²) in [5.74, 6) is 0. The zero-order chi connectivity index (χ0) is 8.59. The van der Waals surface area contributed by atoms with Crippen LogP contribution in [0.2, 0.25) is 0 Å². The molecule has 0 amide bonds. The molecule has 3 heteroatoms. The van der Waals surface area contributed by atoms with Crippen molar-refractivity contribution in [1.82, 2.24) is 9.55 Å². The van der Waals surface area contributed by atoms with Crippen LogP contribution in [0.25, 0.3) is 0 Å². The molecule has 0 saturated heterocycles. The quantitative estimate of drug-likeness (QED) is 0.552. The topological polar surface area (TPSA) is 17.8 Å². The Hall–Kier alpha value is -0.700. The zero-order valence-electron chi connectivity index (χ0n) is 7.30. The Bertz CT molecular complexity index is 339. The molecule has 0 N–H and O–H groups in total. The van der Waals surface area contributed by atoms with Crippen LogP contribution in [0.15, 0.2) is 0 Å². The lowest BCUT2D eigenvalue weighted by Crippen LogP contribution is -2.05. The van der Waals surface area contributed by atoms with Crippen molar-refractivity contribution in [2.24, 2.45) is 7.05 Å². The molecule has 0 bridgehead atoms. The second kappa shape index (κ2) is 2.74. The number of aryl methyl sites for hydroxylation is 1. The van der Waals surface area contributed by atoms with Crippen molar-refractivity contribution in [2.45, 2.75) is 20.8 Å². The van der Waals surface area contributed by atoms with Crippen molar-refractivity contribution >= 4 is 12.2 Å². The predicted octanol–water partition coefficient (Wildman–Crippen LogP) is 2.07. The van der Waals surface area contributed by atoms with Gasteiger partial charge in [-0.25, -0.2) is 4.98 Å². The molecular formula is C8H12N2S. The highest BCUT2D eigenvalue weighted by molar-refractivity contribution is 7.71. The lowest BCUT2D eigenvalue weighted by atomic mass is 10.2. The molecule has 1 aromatic rings. The van der Waals surface area contributed by atoms with E-state index in [2.05, 4.69) is 18.8 Å². The molecule has 1 aromatic heterocycles. The summed E-state index contributed by atoms with van der Waals surface area (Å²) in [6.45, 7) is 6.10. The van der Waals surface area contributed by atoms with Gasteiger partial charge in [0.25, 0.3) is 0 Å². The van der Waals surface area contributed by atoms with E-state index in [0.717, 1.165) is 5.69 Å². The fourth-order valence-corrected chi connectivity index (χ4v) is 1.23. The monoisotopic (exact) mass is 168 g/mol. The minimum Gasteiger partial charge on any atom is -0.324 e. The molecular weight excluding hydrogens is 156 g/mol. The summed E-state index contributed by atoms with van der Waals surface area (Å²) in [6, 6.07) is 0. The first-order chi connectivity index (χ1) is 5.04. The second-order valence-corrected chi connectivity index (χ2v) is 3.11. The lowest BCUT2D eigenvalue weighted by molar-refractivity contribution is 0.781. The van der Waals surface area contributed by atoms with E-state index < -0.39 is 0 Å². The van der Waals surface area contributed by atoms with Gasteiger partial charge in [-0.1, -0.05) is 0 Å². The van der Waals surface area contributed by atoms with Crippen LogP contribution in [-0.4, -0.2) is 9.55 Å². The minimum absolute atomic E-state index is 0.658. The van der Waals surface area contributed by atoms with Gasteiger partial charge in [-0.05, 0) is 38.6 Å². The van der Waals surface area contributed by atoms with E-state index in [4.69, 9.17) is 12.2 Å². The van der Waals surface area contributed by atoms with E-state index >= 15 is 0 Å². The Balaban J connectivity index is 3.59. The number of aromatic nitrogens is 2. The number of rotatable bonds is 0. The van der Waals surface area contributed by atoms with Crippen molar-refractivity contribution < 1.29 is 0 Å². The molecule has 0 aliphatic heterocycles. The lowest BCUT2D eigenvalue weighted by Gasteiger charge is -2.08. The van der Waals surface area contributed by atoms with Gasteiger partial charge in [0.05, 0.1) is 0 Å². The van der Waals surface area contributed by atoms with Gasteiger partial charge in [-0.15, -0.1) is 0 Å². The van der Waals surface area contributed by atoms with Gasteiger partial charge in [0.15, 0.2) is 4.77 Å². The highest BCUT2D eigenvalue weighted by Gasteiger charge is 2.00. The minimum atomic E-state index is 0.658. The van der Waals surface area contributed by atoms with Gasteiger partial charge in [-0.2, -0.15) is 0 Å². The molecule has 1 rings (SSSR count). The molecule has 0 unspecified atom stereocenters. The maximum absolute atomic E-state index is 5.04. The van der Waals surface area contributed by atoms with Crippen molar-refractivity contribution in [2.75, 3.05) is 0 Å². The molecule has 0 aromatic carbocycles. The highest BCUT2D eigenvalue weighted by Crippen LogP contribution is 2.08. The van der Waals surface area contributed by atoms with Gasteiger partial charge in [0, 0.05) is 18.4 Å². The molecule has 0 spiro atoms. The molecule has 0 aliphatic carbocycles. The molecule has 0 saturated carbocycles. The smallest absolute Gasteiger partial charge is 0.199 e. The summed E-state index contributed by atoms with van der Waals surface area (Å²) in [7, 11) is 1.94. The van der Waals surface area contributed by atoms with E-state index in [1.807, 2.05) is 18.5 Å². The summed E-state index contributed by atoms with van der Waals surface area (Å²) >= 11 is 5.04. The van der Waals surface area contributed by atoms with Crippen LogP contribution in [0, 0.1) is 25.5 Å². The van der Waals surface area contributed by atoms with Crippen LogP contribution in [-0.2, 0) is 7.05 Å². The number of nitrogens with zero attached hydrogens (tertiary/aromatic N) is 2. The van der Waals surface area contributed by atoms with Gasteiger partial charge in [-0.3, -0.25) is 0 Å². The second-order valence-electron chi connectivity index (χ2n) is 2.75. The van der Waals surface area contributed by atoms with Crippen molar-refractivity contribution in [1.29, 1.82) is 0 Å².